The number of hydrogen-bond donors (Lipinski definition) is 2. The van der Waals surface area contributed by atoms with E-state index in [0.29, 0.717) is 6.04 Å². The van der Waals surface area contributed by atoms with Crippen LogP contribution in [0.25, 0.3) is 5.69 Å². The first-order valence-electron chi connectivity index (χ1n) is 6.69. The van der Waals surface area contributed by atoms with Crippen LogP contribution in [0.4, 0.5) is 5.82 Å². The lowest BCUT2D eigenvalue weighted by Crippen LogP contribution is -3.00. The van der Waals surface area contributed by atoms with Gasteiger partial charge in [0.2, 0.25) is 0 Å². The molecule has 7 heteroatoms. The molecule has 1 unspecified atom stereocenters. The maximum atomic E-state index is 4.63. The van der Waals surface area contributed by atoms with E-state index in [1.54, 1.807) is 0 Å². The van der Waals surface area contributed by atoms with Gasteiger partial charge in [0, 0.05) is 4.43 Å². The number of guanidine groups is 1. The van der Waals surface area contributed by atoms with Crippen molar-refractivity contribution in [2.24, 2.45) is 4.99 Å². The molecule has 2 aliphatic heterocycles. The Labute approximate surface area is 154 Å². The second-order valence-electron chi connectivity index (χ2n) is 4.99. The van der Waals surface area contributed by atoms with Gasteiger partial charge in [-0.05, 0) is 12.1 Å². The van der Waals surface area contributed by atoms with Crippen molar-refractivity contribution in [1.29, 1.82) is 0 Å². The predicted molar refractivity (Wildman–Crippen MR) is 86.6 cm³/mol. The molecule has 1 atom stereocenters. The van der Waals surface area contributed by atoms with Crippen LogP contribution in [0.3, 0.4) is 0 Å². The van der Waals surface area contributed by atoms with Crippen molar-refractivity contribution in [1.82, 2.24) is 10.4 Å². The predicted octanol–water partition coefficient (Wildman–Crippen LogP) is -1.62. The average Bonchev–Trinajstić information content (AvgIpc) is 3.11. The normalized spacial score (nSPS) is 19.2. The lowest BCUT2D eigenvalue weighted by Gasteiger charge is -2.19. The Morgan fingerprint density at radius 1 is 1.33 bits per heavy atom. The second-order valence-corrected chi connectivity index (χ2v) is 5.87. The van der Waals surface area contributed by atoms with Crippen LogP contribution < -0.4 is 38.9 Å². The van der Waals surface area contributed by atoms with E-state index >= 15 is 0 Å². The highest BCUT2D eigenvalue weighted by molar-refractivity contribution is 14.1. The monoisotopic (exact) mass is 507 g/mol. The van der Waals surface area contributed by atoms with Crippen molar-refractivity contribution < 1.29 is 28.7 Å². The summed E-state index contributed by atoms with van der Waals surface area (Å²) in [5.41, 5.74) is 2.39. The first kappa shape index (κ1) is 15.1. The molecule has 110 valence electrons. The Hall–Kier alpha value is -0.840. The van der Waals surface area contributed by atoms with Gasteiger partial charge in [-0.3, -0.25) is 0 Å². The molecule has 1 saturated heterocycles. The molecule has 1 fully saturated rings. The van der Waals surface area contributed by atoms with E-state index in [4.69, 9.17) is 0 Å². The van der Waals surface area contributed by atoms with E-state index in [1.807, 2.05) is 6.07 Å². The molecule has 1 aromatic heterocycles. The van der Waals surface area contributed by atoms with Gasteiger partial charge < -0.3 is 29.3 Å². The highest BCUT2D eigenvalue weighted by Gasteiger charge is 2.43. The standard InChI is InChI=1S/C14H14IN5.HI/c15-6-12-9-17-14-16-7-10-8-18-20(13(10)19(12)14)11-4-2-1-3-5-11;/h1-5,8,12H,6-7,9H2,(H,16,17);1H. The van der Waals surface area contributed by atoms with Gasteiger partial charge in [-0.25, -0.2) is 10.1 Å². The highest BCUT2D eigenvalue weighted by atomic mass is 127. The summed E-state index contributed by atoms with van der Waals surface area (Å²) in [4.78, 5) is 6.96. The second kappa shape index (κ2) is 6.11. The first-order valence-corrected chi connectivity index (χ1v) is 8.22. The molecule has 0 bridgehead atoms. The summed E-state index contributed by atoms with van der Waals surface area (Å²) in [7, 11) is 0. The number of fused-ring (bicyclic) bond motifs is 3. The van der Waals surface area contributed by atoms with Crippen LogP contribution in [0.1, 0.15) is 5.56 Å². The summed E-state index contributed by atoms with van der Waals surface area (Å²) in [6, 6.07) is 10.9. The fraction of sp³-hybridized carbons (Fsp3) is 0.286. The minimum absolute atomic E-state index is 0. The number of H-pyrrole nitrogens is 1. The van der Waals surface area contributed by atoms with Gasteiger partial charge in [0.1, 0.15) is 6.04 Å². The lowest BCUT2D eigenvalue weighted by atomic mass is 10.2. The Morgan fingerprint density at radius 3 is 2.90 bits per heavy atom. The summed E-state index contributed by atoms with van der Waals surface area (Å²) in [5, 5.41) is 6.77. The van der Waals surface area contributed by atoms with E-state index < -0.39 is 0 Å². The highest BCUT2D eigenvalue weighted by Crippen LogP contribution is 2.27. The fourth-order valence-corrected chi connectivity index (χ4v) is 3.52. The molecule has 2 aliphatic rings. The molecule has 5 nitrogen and oxygen atoms in total. The lowest BCUT2D eigenvalue weighted by molar-refractivity contribution is -0.642. The number of alkyl halides is 1. The van der Waals surface area contributed by atoms with Crippen LogP contribution in [0.5, 0.6) is 0 Å². The molecule has 1 aromatic carbocycles. The Bertz CT molecular complexity index is 667. The van der Waals surface area contributed by atoms with E-state index in [0.717, 1.165) is 29.2 Å². The number of rotatable bonds is 2. The molecule has 4 rings (SSSR count). The van der Waals surface area contributed by atoms with Gasteiger partial charge >= 0.3 is 5.82 Å². The fourth-order valence-electron chi connectivity index (χ4n) is 2.81. The summed E-state index contributed by atoms with van der Waals surface area (Å²) >= 11 is 2.45. The zero-order valence-corrected chi connectivity index (χ0v) is 15.6. The van der Waals surface area contributed by atoms with E-state index in [-0.39, 0.29) is 24.0 Å². The Kier molecular flexibility index (Phi) is 4.38. The number of nitrogens with one attached hydrogen (secondary N) is 2. The number of aliphatic imine (C=N–C) groups is 1. The van der Waals surface area contributed by atoms with Crippen molar-refractivity contribution in [3.8, 4) is 5.69 Å². The van der Waals surface area contributed by atoms with Gasteiger partial charge in [0.15, 0.2) is 5.69 Å². The van der Waals surface area contributed by atoms with Crippen LogP contribution in [0, 0.1) is 0 Å². The smallest absolute Gasteiger partial charge is 0.315 e. The number of para-hydroxylation sites is 1. The SMILES string of the molecule is ICC1CNC2=NCc3c[nH][n+](-c4ccccc4)c3N21.[I-]. The molecule has 0 amide bonds. The van der Waals surface area contributed by atoms with Crippen molar-refractivity contribution >= 4 is 34.4 Å². The van der Waals surface area contributed by atoms with Crippen LogP contribution >= 0.6 is 22.6 Å². The zero-order chi connectivity index (χ0) is 13.5. The van der Waals surface area contributed by atoms with Crippen LogP contribution in [-0.4, -0.2) is 28.1 Å². The van der Waals surface area contributed by atoms with Gasteiger partial charge in [-0.15, -0.1) is 4.68 Å². The quantitative estimate of drug-likeness (QED) is 0.292. The third-order valence-electron chi connectivity index (χ3n) is 3.78. The molecule has 2 aromatic rings. The maximum absolute atomic E-state index is 4.63. The minimum Gasteiger partial charge on any atom is -1.00 e. The van der Waals surface area contributed by atoms with Crippen molar-refractivity contribution in [3.05, 3.63) is 42.1 Å². The zero-order valence-electron chi connectivity index (χ0n) is 11.3. The number of benzene rings is 1. The van der Waals surface area contributed by atoms with Crippen LogP contribution in [0.2, 0.25) is 0 Å². The minimum atomic E-state index is 0. The third kappa shape index (κ3) is 2.43. The van der Waals surface area contributed by atoms with Gasteiger partial charge in [0.05, 0.1) is 24.8 Å². The number of aromatic nitrogens is 2. The molecular weight excluding hydrogens is 492 g/mol. The average molecular weight is 507 g/mol. The number of aromatic amines is 1. The van der Waals surface area contributed by atoms with Gasteiger partial charge in [-0.1, -0.05) is 40.8 Å². The van der Waals surface area contributed by atoms with Gasteiger partial charge in [0.25, 0.3) is 5.96 Å². The number of nitrogens with zero attached hydrogens (tertiary/aromatic N) is 3. The van der Waals surface area contributed by atoms with Crippen LogP contribution in [-0.2, 0) is 6.54 Å². The van der Waals surface area contributed by atoms with E-state index in [9.17, 15) is 0 Å². The molecule has 3 heterocycles. The molecule has 2 N–H and O–H groups in total. The van der Waals surface area contributed by atoms with Crippen LogP contribution in [0.15, 0.2) is 41.5 Å². The van der Waals surface area contributed by atoms with Crippen molar-refractivity contribution in [2.45, 2.75) is 12.6 Å². The summed E-state index contributed by atoms with van der Waals surface area (Å²) in [6.07, 6.45) is 2.06. The maximum Gasteiger partial charge on any atom is 0.315 e. The number of halogens is 2. The topological polar surface area (TPSA) is 47.3 Å². The largest absolute Gasteiger partial charge is 1.00 e. The Morgan fingerprint density at radius 2 is 2.14 bits per heavy atom. The summed E-state index contributed by atoms with van der Waals surface area (Å²) in [6.45, 7) is 1.69. The molecular formula is C14H15I2N5. The van der Waals surface area contributed by atoms with Crippen molar-refractivity contribution in [2.75, 3.05) is 15.9 Å². The summed E-state index contributed by atoms with van der Waals surface area (Å²) in [5.74, 6) is 2.22. The van der Waals surface area contributed by atoms with E-state index in [1.165, 1.54) is 11.4 Å². The third-order valence-corrected chi connectivity index (χ3v) is 4.79. The molecule has 21 heavy (non-hydrogen) atoms. The van der Waals surface area contributed by atoms with Gasteiger partial charge in [-0.2, -0.15) is 4.90 Å². The molecule has 0 radical (unpaired) electrons. The molecule has 0 saturated carbocycles. The molecule has 0 spiro atoms. The van der Waals surface area contributed by atoms with E-state index in [2.05, 4.69) is 78.0 Å². The molecule has 0 aliphatic carbocycles. The number of anilines is 1. The van der Waals surface area contributed by atoms with Crippen molar-refractivity contribution in [3.63, 3.8) is 0 Å². The Balaban J connectivity index is 0.00000132. The number of hydrogen-bond acceptors (Lipinski definition) is 3. The summed E-state index contributed by atoms with van der Waals surface area (Å²) < 4.78 is 3.22. The first-order chi connectivity index (χ1) is 9.88.